The van der Waals surface area contributed by atoms with E-state index >= 15 is 0 Å². The number of fused-ring (bicyclic) bond motifs is 1. The molecule has 3 aromatic rings. The van der Waals surface area contributed by atoms with Crippen molar-refractivity contribution in [2.75, 3.05) is 7.11 Å². The normalized spacial score (nSPS) is 12.0. The first-order chi connectivity index (χ1) is 12.4. The molecule has 0 fully saturated rings. The van der Waals surface area contributed by atoms with Gasteiger partial charge in [0, 0.05) is 11.1 Å². The fraction of sp³-hybridized carbons (Fsp3) is 0.200. The average Bonchev–Trinajstić information content (AvgIpc) is 2.62. The summed E-state index contributed by atoms with van der Waals surface area (Å²) in [6.07, 6.45) is -0.765. The van der Waals surface area contributed by atoms with E-state index in [1.54, 1.807) is 56.3 Å². The second-order valence-corrected chi connectivity index (χ2v) is 6.25. The Labute approximate surface area is 155 Å². The maximum Gasteiger partial charge on any atom is 0.346 e. The van der Waals surface area contributed by atoms with Crippen molar-refractivity contribution in [2.45, 2.75) is 20.0 Å². The van der Waals surface area contributed by atoms with Crippen LogP contribution in [0.15, 0.2) is 51.7 Å². The SMILES string of the molecule is COC(=O)[C@@H](C)Oc1ccc2c(=O)c(-c3ccc(Cl)cc3)c(C)oc2c1. The molecule has 0 N–H and O–H groups in total. The van der Waals surface area contributed by atoms with E-state index in [0.717, 1.165) is 5.56 Å². The number of esters is 1. The van der Waals surface area contributed by atoms with Crippen LogP contribution in [0, 0.1) is 6.92 Å². The van der Waals surface area contributed by atoms with Crippen LogP contribution in [0.25, 0.3) is 22.1 Å². The molecule has 134 valence electrons. The van der Waals surface area contributed by atoms with Gasteiger partial charge in [0.2, 0.25) is 5.43 Å². The predicted octanol–water partition coefficient (Wildman–Crippen LogP) is 4.36. The molecular formula is C20H17ClO5. The lowest BCUT2D eigenvalue weighted by atomic mass is 10.0. The van der Waals surface area contributed by atoms with Gasteiger partial charge in [0.25, 0.3) is 0 Å². The second kappa shape index (κ2) is 7.22. The highest BCUT2D eigenvalue weighted by Gasteiger charge is 2.17. The Hall–Kier alpha value is -2.79. The molecule has 1 aromatic heterocycles. The molecule has 1 atom stereocenters. The quantitative estimate of drug-likeness (QED) is 0.636. The highest BCUT2D eigenvalue weighted by molar-refractivity contribution is 6.30. The molecule has 0 radical (unpaired) electrons. The third-order valence-electron chi connectivity index (χ3n) is 4.02. The Morgan fingerprint density at radius 1 is 1.15 bits per heavy atom. The van der Waals surface area contributed by atoms with Crippen molar-refractivity contribution in [3.05, 3.63) is 63.5 Å². The van der Waals surface area contributed by atoms with Crippen LogP contribution in [0.4, 0.5) is 0 Å². The van der Waals surface area contributed by atoms with Gasteiger partial charge in [-0.15, -0.1) is 0 Å². The molecular weight excluding hydrogens is 356 g/mol. The van der Waals surface area contributed by atoms with E-state index in [-0.39, 0.29) is 5.43 Å². The van der Waals surface area contributed by atoms with Crippen molar-refractivity contribution in [2.24, 2.45) is 0 Å². The maximum atomic E-state index is 12.9. The molecule has 0 saturated heterocycles. The molecule has 0 spiro atoms. The Bertz CT molecular complexity index is 1020. The topological polar surface area (TPSA) is 65.7 Å². The van der Waals surface area contributed by atoms with Gasteiger partial charge in [0.1, 0.15) is 17.1 Å². The summed E-state index contributed by atoms with van der Waals surface area (Å²) in [6.45, 7) is 3.32. The molecule has 26 heavy (non-hydrogen) atoms. The standard InChI is InChI=1S/C20H17ClO5/c1-11-18(13-4-6-14(21)7-5-13)19(22)16-9-8-15(10-17(16)26-11)25-12(2)20(23)24-3/h4-10,12H,1-3H3/t12-/m1/s1. The first-order valence-electron chi connectivity index (χ1n) is 7.98. The number of methoxy groups -OCH3 is 1. The van der Waals surface area contributed by atoms with E-state index < -0.39 is 12.1 Å². The summed E-state index contributed by atoms with van der Waals surface area (Å²) in [5.41, 5.74) is 1.48. The zero-order chi connectivity index (χ0) is 18.8. The molecule has 0 aliphatic heterocycles. The third-order valence-corrected chi connectivity index (χ3v) is 4.27. The zero-order valence-corrected chi connectivity index (χ0v) is 15.3. The number of carbonyl (C=O) groups excluding carboxylic acids is 1. The number of carbonyl (C=O) groups is 1. The lowest BCUT2D eigenvalue weighted by Gasteiger charge is -2.13. The summed E-state index contributed by atoms with van der Waals surface area (Å²) >= 11 is 5.92. The summed E-state index contributed by atoms with van der Waals surface area (Å²) in [4.78, 5) is 24.4. The van der Waals surface area contributed by atoms with Crippen LogP contribution in [0.3, 0.4) is 0 Å². The van der Waals surface area contributed by atoms with E-state index in [2.05, 4.69) is 4.74 Å². The van der Waals surface area contributed by atoms with Crippen LogP contribution in [0.2, 0.25) is 5.02 Å². The molecule has 6 heteroatoms. The lowest BCUT2D eigenvalue weighted by Crippen LogP contribution is -2.24. The van der Waals surface area contributed by atoms with Gasteiger partial charge in [0.15, 0.2) is 6.10 Å². The molecule has 2 aromatic carbocycles. The number of aryl methyl sites for hydroxylation is 1. The first-order valence-corrected chi connectivity index (χ1v) is 8.36. The number of ether oxygens (including phenoxy) is 2. The summed E-state index contributed by atoms with van der Waals surface area (Å²) < 4.78 is 16.0. The van der Waals surface area contributed by atoms with Gasteiger partial charge in [-0.1, -0.05) is 23.7 Å². The third kappa shape index (κ3) is 3.44. The number of hydrogen-bond donors (Lipinski definition) is 0. The monoisotopic (exact) mass is 372 g/mol. The smallest absolute Gasteiger partial charge is 0.346 e. The van der Waals surface area contributed by atoms with Crippen LogP contribution in [-0.4, -0.2) is 19.2 Å². The van der Waals surface area contributed by atoms with Crippen LogP contribution >= 0.6 is 11.6 Å². The van der Waals surface area contributed by atoms with Crippen molar-refractivity contribution >= 4 is 28.5 Å². The molecule has 0 amide bonds. The number of halogens is 1. The van der Waals surface area contributed by atoms with E-state index in [0.29, 0.717) is 33.1 Å². The van der Waals surface area contributed by atoms with E-state index in [4.69, 9.17) is 20.8 Å². The molecule has 5 nitrogen and oxygen atoms in total. The fourth-order valence-corrected chi connectivity index (χ4v) is 2.85. The average molecular weight is 373 g/mol. The predicted molar refractivity (Wildman–Crippen MR) is 99.8 cm³/mol. The van der Waals surface area contributed by atoms with Gasteiger partial charge in [-0.25, -0.2) is 4.79 Å². The number of hydrogen-bond acceptors (Lipinski definition) is 5. The zero-order valence-electron chi connectivity index (χ0n) is 14.5. The molecule has 0 bridgehead atoms. The minimum atomic E-state index is -0.765. The van der Waals surface area contributed by atoms with Crippen molar-refractivity contribution in [3.8, 4) is 16.9 Å². The molecule has 3 rings (SSSR count). The van der Waals surface area contributed by atoms with Crippen molar-refractivity contribution in [1.82, 2.24) is 0 Å². The number of rotatable bonds is 4. The fourth-order valence-electron chi connectivity index (χ4n) is 2.73. The van der Waals surface area contributed by atoms with E-state index in [1.165, 1.54) is 7.11 Å². The largest absolute Gasteiger partial charge is 0.479 e. The molecule has 1 heterocycles. The molecule has 0 unspecified atom stereocenters. The maximum absolute atomic E-state index is 12.9. The van der Waals surface area contributed by atoms with E-state index in [1.807, 2.05) is 0 Å². The Morgan fingerprint density at radius 3 is 2.50 bits per heavy atom. The van der Waals surface area contributed by atoms with Crippen molar-refractivity contribution in [3.63, 3.8) is 0 Å². The summed E-state index contributed by atoms with van der Waals surface area (Å²) in [5, 5.41) is 1.02. The highest BCUT2D eigenvalue weighted by Crippen LogP contribution is 2.27. The summed E-state index contributed by atoms with van der Waals surface area (Å²) in [7, 11) is 1.29. The summed E-state index contributed by atoms with van der Waals surface area (Å²) in [5.74, 6) is 0.418. The minimum absolute atomic E-state index is 0.140. The lowest BCUT2D eigenvalue weighted by molar-refractivity contribution is -0.147. The van der Waals surface area contributed by atoms with Gasteiger partial charge < -0.3 is 13.9 Å². The van der Waals surface area contributed by atoms with Gasteiger partial charge in [0.05, 0.1) is 18.1 Å². The summed E-state index contributed by atoms with van der Waals surface area (Å²) in [6, 6.07) is 11.9. The Balaban J connectivity index is 2.05. The van der Waals surface area contributed by atoms with Crippen LogP contribution in [0.5, 0.6) is 5.75 Å². The van der Waals surface area contributed by atoms with Crippen LogP contribution in [0.1, 0.15) is 12.7 Å². The van der Waals surface area contributed by atoms with Crippen molar-refractivity contribution in [1.29, 1.82) is 0 Å². The first kappa shape index (κ1) is 18.0. The highest BCUT2D eigenvalue weighted by atomic mass is 35.5. The molecule has 0 aliphatic carbocycles. The van der Waals surface area contributed by atoms with Gasteiger partial charge in [-0.3, -0.25) is 4.79 Å². The minimum Gasteiger partial charge on any atom is -0.479 e. The molecule has 0 aliphatic rings. The van der Waals surface area contributed by atoms with E-state index in [9.17, 15) is 9.59 Å². The van der Waals surface area contributed by atoms with Gasteiger partial charge >= 0.3 is 5.97 Å². The number of benzene rings is 2. The second-order valence-electron chi connectivity index (χ2n) is 5.81. The van der Waals surface area contributed by atoms with Crippen LogP contribution in [-0.2, 0) is 9.53 Å². The Morgan fingerprint density at radius 2 is 1.85 bits per heavy atom. The van der Waals surface area contributed by atoms with Crippen LogP contribution < -0.4 is 10.2 Å². The van der Waals surface area contributed by atoms with Gasteiger partial charge in [-0.05, 0) is 43.7 Å². The van der Waals surface area contributed by atoms with Crippen molar-refractivity contribution < 1.29 is 18.7 Å². The Kier molecular flexibility index (Phi) is 5.00. The molecule has 0 saturated carbocycles. The van der Waals surface area contributed by atoms with Gasteiger partial charge in [-0.2, -0.15) is 0 Å².